The fourth-order valence-electron chi connectivity index (χ4n) is 1.63. The van der Waals surface area contributed by atoms with Gasteiger partial charge in [-0.05, 0) is 29.8 Å². The van der Waals surface area contributed by atoms with Gasteiger partial charge in [0, 0.05) is 12.6 Å². The molecule has 0 aliphatic heterocycles. The first kappa shape index (κ1) is 15.6. The first-order valence-corrected chi connectivity index (χ1v) is 6.24. The van der Waals surface area contributed by atoms with Gasteiger partial charge in [-0.25, -0.2) is 13.2 Å². The summed E-state index contributed by atoms with van der Waals surface area (Å²) in [7, 11) is 0. The molecule has 7 heteroatoms. The molecule has 0 unspecified atom stereocenters. The van der Waals surface area contributed by atoms with Crippen molar-refractivity contribution in [3.05, 3.63) is 65.5 Å². The number of rotatable bonds is 3. The van der Waals surface area contributed by atoms with Crippen LogP contribution in [0.25, 0.3) is 0 Å². The van der Waals surface area contributed by atoms with Gasteiger partial charge in [-0.2, -0.15) is 0 Å². The van der Waals surface area contributed by atoms with Crippen molar-refractivity contribution in [2.75, 3.05) is 5.32 Å². The van der Waals surface area contributed by atoms with Crippen molar-refractivity contribution < 1.29 is 22.8 Å². The number of anilines is 1. The maximum atomic E-state index is 13.3. The summed E-state index contributed by atoms with van der Waals surface area (Å²) in [6.45, 7) is 0.0123. The Morgan fingerprint density at radius 1 is 0.864 bits per heavy atom. The summed E-state index contributed by atoms with van der Waals surface area (Å²) in [6, 6.07) is 7.89. The highest BCUT2D eigenvalue weighted by molar-refractivity contribution is 6.39. The number of carbonyl (C=O) groups excluding carboxylic acids is 2. The van der Waals surface area contributed by atoms with Gasteiger partial charge in [-0.1, -0.05) is 12.1 Å². The van der Waals surface area contributed by atoms with Crippen molar-refractivity contribution in [1.29, 1.82) is 0 Å². The Morgan fingerprint density at radius 3 is 2.14 bits per heavy atom. The molecule has 0 aliphatic rings. The van der Waals surface area contributed by atoms with E-state index in [1.165, 1.54) is 24.3 Å². The van der Waals surface area contributed by atoms with E-state index in [-0.39, 0.29) is 12.2 Å². The maximum Gasteiger partial charge on any atom is 0.313 e. The lowest BCUT2D eigenvalue weighted by atomic mass is 10.2. The molecule has 0 bridgehead atoms. The third kappa shape index (κ3) is 4.08. The van der Waals surface area contributed by atoms with Crippen molar-refractivity contribution in [2.45, 2.75) is 6.54 Å². The number of hydrogen-bond acceptors (Lipinski definition) is 2. The molecule has 0 aromatic heterocycles. The van der Waals surface area contributed by atoms with Crippen LogP contribution >= 0.6 is 0 Å². The second kappa shape index (κ2) is 6.75. The summed E-state index contributed by atoms with van der Waals surface area (Å²) in [4.78, 5) is 23.2. The van der Waals surface area contributed by atoms with Crippen LogP contribution in [-0.2, 0) is 16.1 Å². The number of amides is 2. The molecule has 0 heterocycles. The van der Waals surface area contributed by atoms with Gasteiger partial charge in [0.1, 0.15) is 17.5 Å². The molecule has 2 aromatic carbocycles. The predicted octanol–water partition coefficient (Wildman–Crippen LogP) is 2.36. The van der Waals surface area contributed by atoms with Crippen LogP contribution in [0.5, 0.6) is 0 Å². The first-order valence-electron chi connectivity index (χ1n) is 6.24. The lowest BCUT2D eigenvalue weighted by Gasteiger charge is -2.07. The fraction of sp³-hybridized carbons (Fsp3) is 0.0667. The van der Waals surface area contributed by atoms with E-state index in [0.29, 0.717) is 11.6 Å². The number of carbonyl (C=O) groups is 2. The zero-order chi connectivity index (χ0) is 16.1. The smallest absolute Gasteiger partial charge is 0.313 e. The second-order valence-electron chi connectivity index (χ2n) is 4.39. The molecule has 2 aromatic rings. The van der Waals surface area contributed by atoms with E-state index >= 15 is 0 Å². The summed E-state index contributed by atoms with van der Waals surface area (Å²) in [6.07, 6.45) is 0. The Balaban J connectivity index is 1.92. The molecule has 0 saturated carbocycles. The van der Waals surface area contributed by atoms with Crippen molar-refractivity contribution in [1.82, 2.24) is 5.32 Å². The van der Waals surface area contributed by atoms with E-state index in [0.717, 1.165) is 12.1 Å². The van der Waals surface area contributed by atoms with Crippen LogP contribution in [0.3, 0.4) is 0 Å². The van der Waals surface area contributed by atoms with Gasteiger partial charge in [0.05, 0.1) is 5.69 Å². The Hall–Kier alpha value is -2.83. The van der Waals surface area contributed by atoms with Crippen LogP contribution < -0.4 is 10.6 Å². The zero-order valence-electron chi connectivity index (χ0n) is 11.2. The van der Waals surface area contributed by atoms with Gasteiger partial charge in [-0.15, -0.1) is 0 Å². The first-order chi connectivity index (χ1) is 10.5. The molecule has 2 N–H and O–H groups in total. The molecule has 4 nitrogen and oxygen atoms in total. The number of benzene rings is 2. The van der Waals surface area contributed by atoms with Gasteiger partial charge in [-0.3, -0.25) is 9.59 Å². The summed E-state index contributed by atoms with van der Waals surface area (Å²) >= 11 is 0. The molecule has 0 atom stereocenters. The predicted molar refractivity (Wildman–Crippen MR) is 73.2 cm³/mol. The standard InChI is InChI=1S/C15H11F3N2O2/c16-10-3-1-9(2-4-10)8-19-14(21)15(22)20-13-6-5-11(17)7-12(13)18/h1-7H,8H2,(H,19,21)(H,20,22). The SMILES string of the molecule is O=C(NCc1ccc(F)cc1)C(=O)Nc1ccc(F)cc1F. The highest BCUT2D eigenvalue weighted by Gasteiger charge is 2.15. The largest absolute Gasteiger partial charge is 0.344 e. The Morgan fingerprint density at radius 2 is 1.50 bits per heavy atom. The van der Waals surface area contributed by atoms with Gasteiger partial charge in [0.15, 0.2) is 0 Å². The summed E-state index contributed by atoms with van der Waals surface area (Å²) < 4.78 is 38.8. The van der Waals surface area contributed by atoms with Crippen LogP contribution in [0.1, 0.15) is 5.56 Å². The number of halogens is 3. The van der Waals surface area contributed by atoms with E-state index in [4.69, 9.17) is 0 Å². The van der Waals surface area contributed by atoms with Crippen molar-refractivity contribution in [2.24, 2.45) is 0 Å². The molecule has 114 valence electrons. The van der Waals surface area contributed by atoms with Crippen LogP contribution in [0, 0.1) is 17.5 Å². The quantitative estimate of drug-likeness (QED) is 0.855. The Bertz CT molecular complexity index is 702. The minimum atomic E-state index is -1.09. The van der Waals surface area contributed by atoms with Crippen LogP contribution in [-0.4, -0.2) is 11.8 Å². The molecule has 2 amide bonds. The molecule has 0 fully saturated rings. The molecule has 0 radical (unpaired) electrons. The van der Waals surface area contributed by atoms with E-state index < -0.39 is 29.3 Å². The van der Waals surface area contributed by atoms with Crippen molar-refractivity contribution in [3.63, 3.8) is 0 Å². The van der Waals surface area contributed by atoms with E-state index in [2.05, 4.69) is 5.32 Å². The minimum Gasteiger partial charge on any atom is -0.344 e. The van der Waals surface area contributed by atoms with E-state index in [1.807, 2.05) is 5.32 Å². The molecule has 0 spiro atoms. The topological polar surface area (TPSA) is 58.2 Å². The minimum absolute atomic E-state index is 0.0123. The fourth-order valence-corrected chi connectivity index (χ4v) is 1.63. The molecular weight excluding hydrogens is 297 g/mol. The highest BCUT2D eigenvalue weighted by Crippen LogP contribution is 2.14. The van der Waals surface area contributed by atoms with Gasteiger partial charge < -0.3 is 10.6 Å². The maximum absolute atomic E-state index is 13.3. The van der Waals surface area contributed by atoms with Crippen LogP contribution in [0.15, 0.2) is 42.5 Å². The summed E-state index contributed by atoms with van der Waals surface area (Å²) in [5.41, 5.74) is 0.291. The normalized spacial score (nSPS) is 10.1. The van der Waals surface area contributed by atoms with E-state index in [1.54, 1.807) is 0 Å². The number of nitrogens with one attached hydrogen (secondary N) is 2. The Labute approximate surface area is 124 Å². The van der Waals surface area contributed by atoms with Crippen LogP contribution in [0.2, 0.25) is 0 Å². The average Bonchev–Trinajstić information content (AvgIpc) is 2.49. The zero-order valence-corrected chi connectivity index (χ0v) is 11.2. The Kier molecular flexibility index (Phi) is 4.77. The molecule has 22 heavy (non-hydrogen) atoms. The number of hydrogen-bond donors (Lipinski definition) is 2. The summed E-state index contributed by atoms with van der Waals surface area (Å²) in [5, 5.41) is 4.33. The average molecular weight is 308 g/mol. The monoisotopic (exact) mass is 308 g/mol. The molecule has 2 rings (SSSR count). The third-order valence-corrected chi connectivity index (χ3v) is 2.75. The van der Waals surface area contributed by atoms with Crippen LogP contribution in [0.4, 0.5) is 18.9 Å². The highest BCUT2D eigenvalue weighted by atomic mass is 19.1. The van der Waals surface area contributed by atoms with E-state index in [9.17, 15) is 22.8 Å². The molecular formula is C15H11F3N2O2. The lowest BCUT2D eigenvalue weighted by molar-refractivity contribution is -0.136. The van der Waals surface area contributed by atoms with Gasteiger partial charge in [0.25, 0.3) is 0 Å². The second-order valence-corrected chi connectivity index (χ2v) is 4.39. The van der Waals surface area contributed by atoms with Crippen molar-refractivity contribution in [3.8, 4) is 0 Å². The summed E-state index contributed by atoms with van der Waals surface area (Å²) in [5.74, 6) is -4.28. The van der Waals surface area contributed by atoms with Gasteiger partial charge in [0.2, 0.25) is 0 Å². The van der Waals surface area contributed by atoms with Gasteiger partial charge >= 0.3 is 11.8 Å². The molecule has 0 saturated heterocycles. The van der Waals surface area contributed by atoms with Crippen molar-refractivity contribution >= 4 is 17.5 Å². The molecule has 0 aliphatic carbocycles. The lowest BCUT2D eigenvalue weighted by Crippen LogP contribution is -2.35. The third-order valence-electron chi connectivity index (χ3n) is 2.75.